The van der Waals surface area contributed by atoms with E-state index < -0.39 is 0 Å². The molecule has 1 heterocycles. The summed E-state index contributed by atoms with van der Waals surface area (Å²) in [5.74, 6) is 0.563. The van der Waals surface area contributed by atoms with Crippen molar-refractivity contribution in [3.63, 3.8) is 0 Å². The number of ether oxygens (including phenoxy) is 1. The van der Waals surface area contributed by atoms with Gasteiger partial charge in [0, 0.05) is 6.54 Å². The quantitative estimate of drug-likeness (QED) is 0.783. The molecule has 2 rings (SSSR count). The van der Waals surface area contributed by atoms with Crippen LogP contribution in [0.3, 0.4) is 0 Å². The minimum atomic E-state index is -0.315. The number of methoxy groups -OCH3 is 1. The third-order valence-corrected chi connectivity index (χ3v) is 2.71. The van der Waals surface area contributed by atoms with Gasteiger partial charge in [0.05, 0.1) is 7.11 Å². The van der Waals surface area contributed by atoms with Gasteiger partial charge in [0.2, 0.25) is 5.91 Å². The van der Waals surface area contributed by atoms with Gasteiger partial charge in [-0.3, -0.25) is 10.1 Å². The highest BCUT2D eigenvalue weighted by molar-refractivity contribution is 6.01. The number of para-hydroxylation sites is 1. The molecule has 0 unspecified atom stereocenters. The molecule has 5 nitrogen and oxygen atoms in total. The molecule has 0 bridgehead atoms. The number of carbonyl (C=O) groups excluding carboxylic acids is 2. The van der Waals surface area contributed by atoms with E-state index in [9.17, 15) is 9.59 Å². The van der Waals surface area contributed by atoms with Gasteiger partial charge in [0.15, 0.2) is 0 Å². The SMILES string of the molecule is COc1ccccc1CCN1CC(=O)NC1=O. The van der Waals surface area contributed by atoms with E-state index in [1.54, 1.807) is 7.11 Å². The smallest absolute Gasteiger partial charge is 0.324 e. The molecule has 5 heteroatoms. The van der Waals surface area contributed by atoms with Gasteiger partial charge < -0.3 is 9.64 Å². The van der Waals surface area contributed by atoms with Crippen molar-refractivity contribution < 1.29 is 14.3 Å². The summed E-state index contributed by atoms with van der Waals surface area (Å²) in [5, 5.41) is 2.25. The lowest BCUT2D eigenvalue weighted by molar-refractivity contribution is -0.118. The maximum Gasteiger partial charge on any atom is 0.324 e. The van der Waals surface area contributed by atoms with Crippen LogP contribution < -0.4 is 10.1 Å². The van der Waals surface area contributed by atoms with Crippen LogP contribution in [0, 0.1) is 0 Å². The van der Waals surface area contributed by atoms with Crippen molar-refractivity contribution >= 4 is 11.9 Å². The molecular weight excluding hydrogens is 220 g/mol. The average Bonchev–Trinajstić information content (AvgIpc) is 2.65. The number of benzene rings is 1. The number of rotatable bonds is 4. The van der Waals surface area contributed by atoms with Crippen molar-refractivity contribution in [2.75, 3.05) is 20.2 Å². The second-order valence-electron chi connectivity index (χ2n) is 3.84. The second kappa shape index (κ2) is 4.86. The Kier molecular flexibility index (Phi) is 3.27. The standard InChI is InChI=1S/C12H14N2O3/c1-17-10-5-3-2-4-9(10)6-7-14-8-11(15)13-12(14)16/h2-5H,6-8H2,1H3,(H,13,15,16). The maximum absolute atomic E-state index is 11.3. The largest absolute Gasteiger partial charge is 0.496 e. The Hall–Kier alpha value is -2.04. The van der Waals surface area contributed by atoms with Crippen molar-refractivity contribution in [3.8, 4) is 5.75 Å². The summed E-state index contributed by atoms with van der Waals surface area (Å²) < 4.78 is 5.22. The summed E-state index contributed by atoms with van der Waals surface area (Å²) in [4.78, 5) is 23.8. The van der Waals surface area contributed by atoms with Crippen molar-refractivity contribution in [2.24, 2.45) is 0 Å². The van der Waals surface area contributed by atoms with E-state index in [0.717, 1.165) is 11.3 Å². The van der Waals surface area contributed by atoms with Crippen LogP contribution in [0.4, 0.5) is 4.79 Å². The Bertz CT molecular complexity index is 445. The van der Waals surface area contributed by atoms with Crippen LogP contribution in [0.1, 0.15) is 5.56 Å². The van der Waals surface area contributed by atoms with Gasteiger partial charge in [-0.2, -0.15) is 0 Å². The third-order valence-electron chi connectivity index (χ3n) is 2.71. The van der Waals surface area contributed by atoms with Gasteiger partial charge in [-0.1, -0.05) is 18.2 Å². The van der Waals surface area contributed by atoms with E-state index >= 15 is 0 Å². The highest BCUT2D eigenvalue weighted by Crippen LogP contribution is 2.18. The van der Waals surface area contributed by atoms with Crippen LogP contribution in [-0.2, 0) is 11.2 Å². The molecule has 1 N–H and O–H groups in total. The van der Waals surface area contributed by atoms with Gasteiger partial charge in [-0.05, 0) is 18.1 Å². The minimum absolute atomic E-state index is 0.147. The average molecular weight is 234 g/mol. The molecule has 1 fully saturated rings. The first-order chi connectivity index (χ1) is 8.20. The lowest BCUT2D eigenvalue weighted by Gasteiger charge is -2.14. The molecule has 0 atom stereocenters. The van der Waals surface area contributed by atoms with Crippen LogP contribution in [0.15, 0.2) is 24.3 Å². The molecule has 3 amide bonds. The number of hydrogen-bond donors (Lipinski definition) is 1. The van der Waals surface area contributed by atoms with Crippen LogP contribution in [0.2, 0.25) is 0 Å². The van der Waals surface area contributed by atoms with Crippen molar-refractivity contribution in [1.29, 1.82) is 0 Å². The van der Waals surface area contributed by atoms with Gasteiger partial charge in [0.1, 0.15) is 12.3 Å². The summed E-state index contributed by atoms with van der Waals surface area (Å²) in [6.45, 7) is 0.659. The molecule has 1 aromatic rings. The van der Waals surface area contributed by atoms with Gasteiger partial charge in [0.25, 0.3) is 0 Å². The Morgan fingerprint density at radius 2 is 2.12 bits per heavy atom. The number of hydrogen-bond acceptors (Lipinski definition) is 3. The fraction of sp³-hybridized carbons (Fsp3) is 0.333. The van der Waals surface area contributed by atoms with Crippen molar-refractivity contribution in [2.45, 2.75) is 6.42 Å². The van der Waals surface area contributed by atoms with Gasteiger partial charge in [-0.15, -0.1) is 0 Å². The zero-order valence-electron chi connectivity index (χ0n) is 9.60. The highest BCUT2D eigenvalue weighted by Gasteiger charge is 2.26. The van der Waals surface area contributed by atoms with Gasteiger partial charge >= 0.3 is 6.03 Å². The summed E-state index contributed by atoms with van der Waals surface area (Å²) >= 11 is 0. The lowest BCUT2D eigenvalue weighted by atomic mass is 10.1. The first-order valence-corrected chi connectivity index (χ1v) is 5.41. The van der Waals surface area contributed by atoms with E-state index in [1.165, 1.54) is 4.90 Å². The van der Waals surface area contributed by atoms with E-state index in [2.05, 4.69) is 5.32 Å². The third kappa shape index (κ3) is 2.55. The Labute approximate surface area is 99.4 Å². The van der Waals surface area contributed by atoms with E-state index in [-0.39, 0.29) is 18.5 Å². The summed E-state index contributed by atoms with van der Waals surface area (Å²) in [6, 6.07) is 7.34. The molecule has 1 aliphatic heterocycles. The normalized spacial score (nSPS) is 15.0. The zero-order chi connectivity index (χ0) is 12.3. The molecule has 1 aromatic carbocycles. The molecule has 90 valence electrons. The summed E-state index contributed by atoms with van der Waals surface area (Å²) in [7, 11) is 1.62. The number of amides is 3. The molecule has 0 aromatic heterocycles. The number of urea groups is 1. The molecule has 0 saturated carbocycles. The van der Waals surface area contributed by atoms with Gasteiger partial charge in [-0.25, -0.2) is 4.79 Å². The van der Waals surface area contributed by atoms with Crippen LogP contribution in [0.5, 0.6) is 5.75 Å². The van der Waals surface area contributed by atoms with E-state index in [4.69, 9.17) is 4.74 Å². The summed E-state index contributed by atoms with van der Waals surface area (Å²) in [6.07, 6.45) is 0.671. The Morgan fingerprint density at radius 3 is 2.76 bits per heavy atom. The van der Waals surface area contributed by atoms with Crippen LogP contribution in [0.25, 0.3) is 0 Å². The number of nitrogens with one attached hydrogen (secondary N) is 1. The second-order valence-corrected chi connectivity index (χ2v) is 3.84. The van der Waals surface area contributed by atoms with E-state index in [0.29, 0.717) is 13.0 Å². The highest BCUT2D eigenvalue weighted by atomic mass is 16.5. The Morgan fingerprint density at radius 1 is 1.35 bits per heavy atom. The van der Waals surface area contributed by atoms with Crippen LogP contribution >= 0.6 is 0 Å². The molecule has 1 aliphatic rings. The first-order valence-electron chi connectivity index (χ1n) is 5.41. The molecule has 0 radical (unpaired) electrons. The van der Waals surface area contributed by atoms with Crippen molar-refractivity contribution in [1.82, 2.24) is 10.2 Å². The molecule has 0 spiro atoms. The number of nitrogens with zero attached hydrogens (tertiary/aromatic N) is 1. The molecular formula is C12H14N2O3. The molecule has 17 heavy (non-hydrogen) atoms. The molecule has 1 saturated heterocycles. The monoisotopic (exact) mass is 234 g/mol. The lowest BCUT2D eigenvalue weighted by Crippen LogP contribution is -2.30. The first kappa shape index (κ1) is 11.4. The zero-order valence-corrected chi connectivity index (χ0v) is 9.60. The van der Waals surface area contributed by atoms with Crippen molar-refractivity contribution in [3.05, 3.63) is 29.8 Å². The minimum Gasteiger partial charge on any atom is -0.496 e. The predicted octanol–water partition coefficient (Wildman–Crippen LogP) is 0.789. The number of imide groups is 1. The fourth-order valence-electron chi connectivity index (χ4n) is 1.83. The number of carbonyl (C=O) groups is 2. The Balaban J connectivity index is 1.98. The van der Waals surface area contributed by atoms with Crippen LogP contribution in [-0.4, -0.2) is 37.0 Å². The van der Waals surface area contributed by atoms with E-state index in [1.807, 2.05) is 24.3 Å². The summed E-state index contributed by atoms with van der Waals surface area (Å²) in [5.41, 5.74) is 1.03. The fourth-order valence-corrected chi connectivity index (χ4v) is 1.83. The molecule has 0 aliphatic carbocycles. The topological polar surface area (TPSA) is 58.6 Å². The predicted molar refractivity (Wildman–Crippen MR) is 61.8 cm³/mol. The maximum atomic E-state index is 11.3.